The van der Waals surface area contributed by atoms with Crippen LogP contribution in [-0.2, 0) is 0 Å². The van der Waals surface area contributed by atoms with E-state index in [4.69, 9.17) is 19.9 Å². The summed E-state index contributed by atoms with van der Waals surface area (Å²) < 4.78 is 10.2. The fourth-order valence-electron chi connectivity index (χ4n) is 16.9. The monoisotopic (exact) mass is 1270 g/mol. The number of hydrogen-bond acceptors (Lipinski definition) is 4. The summed E-state index contributed by atoms with van der Waals surface area (Å²) >= 11 is 0. The van der Waals surface area contributed by atoms with Gasteiger partial charge in [-0.1, -0.05) is 273 Å². The largest absolute Gasteiger partial charge is 0.309 e. The molecule has 8 heteroatoms. The van der Waals surface area contributed by atoms with Crippen LogP contribution in [0, 0.1) is 0 Å². The average molecular weight is 1270 g/mol. The van der Waals surface area contributed by atoms with Gasteiger partial charge in [0.1, 0.15) is 16.7 Å². The third-order valence-corrected chi connectivity index (χ3v) is 21.1. The van der Waals surface area contributed by atoms with Gasteiger partial charge in [-0.2, -0.15) is 0 Å². The number of benzene rings is 16. The van der Waals surface area contributed by atoms with Crippen LogP contribution in [0.25, 0.3) is 209 Å². The smallest absolute Gasteiger partial charge is 0.160 e. The van der Waals surface area contributed by atoms with Crippen molar-refractivity contribution >= 4 is 152 Å². The minimum atomic E-state index is 0.541. The number of hydrogen-bond donors (Lipinski definition) is 0. The van der Waals surface area contributed by atoms with Gasteiger partial charge in [0.2, 0.25) is 0 Å². The van der Waals surface area contributed by atoms with Crippen molar-refractivity contribution in [1.29, 1.82) is 0 Å². The Kier molecular flexibility index (Phi) is 11.5. The van der Waals surface area contributed by atoms with Gasteiger partial charge < -0.3 is 18.3 Å². The number of fused-ring (bicyclic) bond motifs is 26. The van der Waals surface area contributed by atoms with Crippen molar-refractivity contribution in [3.8, 4) is 56.8 Å². The standard InChI is InChI=1S/C92H54N8/c1-5-26-58(27-6-1)82-83-78(54-93-91(96-83)59-28-7-2-8-29-59)94-92(95-82)60-51-63(99-85-66-35-17-14-24-56(66)41-44-72(85)74-49-50-79-81(88(74)99)77-46-43-57-25-15-18-36-67(57)86(77)97(79)61-30-9-3-10-31-61)53-64(52-60)100-87-71-40-22-20-38-69(71)68-37-19-21-39-70(68)80(87)76-48-47-75-73-45-42-55-23-13-16-34-65(55)84(73)98(89(75)90(76)100)62-32-11-4-12-33-62/h1-54H. The van der Waals surface area contributed by atoms with Crippen molar-refractivity contribution in [2.45, 2.75) is 0 Å². The lowest BCUT2D eigenvalue weighted by Gasteiger charge is -2.18. The highest BCUT2D eigenvalue weighted by molar-refractivity contribution is 6.36. The van der Waals surface area contributed by atoms with Crippen LogP contribution in [0.4, 0.5) is 0 Å². The maximum absolute atomic E-state index is 5.80. The normalized spacial score (nSPS) is 12.2. The predicted molar refractivity (Wildman–Crippen MR) is 416 cm³/mol. The summed E-state index contributed by atoms with van der Waals surface area (Å²) in [6.07, 6.45) is 1.88. The molecule has 0 bridgehead atoms. The molecule has 8 nitrogen and oxygen atoms in total. The summed E-state index contributed by atoms with van der Waals surface area (Å²) in [5, 5.41) is 21.0. The molecule has 0 N–H and O–H groups in total. The molecule has 0 aliphatic rings. The molecule has 0 aliphatic carbocycles. The van der Waals surface area contributed by atoms with E-state index in [0.29, 0.717) is 28.4 Å². The predicted octanol–water partition coefficient (Wildman–Crippen LogP) is 23.6. The first-order valence-electron chi connectivity index (χ1n) is 34.1. The molecule has 6 heterocycles. The highest BCUT2D eigenvalue weighted by atomic mass is 15.1. The Hall–Kier alpha value is -13.6. The zero-order valence-electron chi connectivity index (χ0n) is 53.8. The van der Waals surface area contributed by atoms with Crippen LogP contribution in [0.1, 0.15) is 0 Å². The fourth-order valence-corrected chi connectivity index (χ4v) is 16.9. The first-order valence-corrected chi connectivity index (χ1v) is 34.1. The quantitative estimate of drug-likeness (QED) is 0.149. The van der Waals surface area contributed by atoms with Crippen molar-refractivity contribution in [2.75, 3.05) is 0 Å². The van der Waals surface area contributed by atoms with E-state index in [2.05, 4.69) is 322 Å². The number of rotatable bonds is 7. The summed E-state index contributed by atoms with van der Waals surface area (Å²) in [6, 6.07) is 118. The van der Waals surface area contributed by atoms with Gasteiger partial charge in [0.05, 0.1) is 50.3 Å². The Labute approximate surface area is 571 Å². The van der Waals surface area contributed by atoms with Crippen LogP contribution in [0.3, 0.4) is 0 Å². The highest BCUT2D eigenvalue weighted by Gasteiger charge is 2.29. The Morgan fingerprint density at radius 1 is 0.220 bits per heavy atom. The molecule has 0 fully saturated rings. The summed E-state index contributed by atoms with van der Waals surface area (Å²) in [7, 11) is 0. The molecule has 0 unspecified atom stereocenters. The summed E-state index contributed by atoms with van der Waals surface area (Å²) in [4.78, 5) is 21.9. The van der Waals surface area contributed by atoms with E-state index in [1.54, 1.807) is 0 Å². The lowest BCUT2D eigenvalue weighted by Crippen LogP contribution is -2.04. The number of aromatic nitrogens is 8. The lowest BCUT2D eigenvalue weighted by molar-refractivity contribution is 1.12. The van der Waals surface area contributed by atoms with Crippen LogP contribution in [0.15, 0.2) is 328 Å². The van der Waals surface area contributed by atoms with Gasteiger partial charge in [0, 0.05) is 104 Å². The molecular weight excluding hydrogens is 1220 g/mol. The first-order chi connectivity index (χ1) is 49.6. The van der Waals surface area contributed by atoms with Crippen molar-refractivity contribution in [3.63, 3.8) is 0 Å². The first kappa shape index (κ1) is 54.7. The van der Waals surface area contributed by atoms with Gasteiger partial charge in [-0.15, -0.1) is 0 Å². The molecule has 6 aromatic heterocycles. The molecule has 16 aromatic carbocycles. The van der Waals surface area contributed by atoms with E-state index < -0.39 is 0 Å². The van der Waals surface area contributed by atoms with Crippen LogP contribution in [-0.4, -0.2) is 38.2 Å². The molecule has 0 spiro atoms. The van der Waals surface area contributed by atoms with E-state index >= 15 is 0 Å². The third kappa shape index (κ3) is 7.75. The van der Waals surface area contributed by atoms with E-state index in [-0.39, 0.29) is 0 Å². The van der Waals surface area contributed by atoms with Gasteiger partial charge in [-0.05, 0) is 80.8 Å². The van der Waals surface area contributed by atoms with Gasteiger partial charge in [0.15, 0.2) is 11.6 Å². The third-order valence-electron chi connectivity index (χ3n) is 21.1. The van der Waals surface area contributed by atoms with Gasteiger partial charge in [0.25, 0.3) is 0 Å². The van der Waals surface area contributed by atoms with E-state index in [1.807, 2.05) is 24.4 Å². The molecule has 0 saturated heterocycles. The van der Waals surface area contributed by atoms with E-state index in [0.717, 1.165) is 132 Å². The average Bonchev–Trinajstić information content (AvgIpc) is 1.53. The fraction of sp³-hybridized carbons (Fsp3) is 0. The van der Waals surface area contributed by atoms with E-state index in [9.17, 15) is 0 Å². The highest BCUT2D eigenvalue weighted by Crippen LogP contribution is 2.51. The van der Waals surface area contributed by atoms with Crippen LogP contribution < -0.4 is 0 Å². The molecule has 22 rings (SSSR count). The maximum atomic E-state index is 5.80. The number of nitrogens with zero attached hydrogens (tertiary/aromatic N) is 8. The second-order valence-electron chi connectivity index (χ2n) is 26.4. The lowest BCUT2D eigenvalue weighted by atomic mass is 9.96. The van der Waals surface area contributed by atoms with Crippen molar-refractivity contribution < 1.29 is 0 Å². The van der Waals surface area contributed by atoms with Crippen LogP contribution in [0.2, 0.25) is 0 Å². The molecule has 22 aromatic rings. The molecule has 0 radical (unpaired) electrons. The maximum Gasteiger partial charge on any atom is 0.160 e. The second kappa shape index (κ2) is 21.0. The minimum Gasteiger partial charge on any atom is -0.309 e. The Balaban J connectivity index is 0.968. The van der Waals surface area contributed by atoms with Crippen molar-refractivity contribution in [1.82, 2.24) is 38.2 Å². The molecule has 0 aliphatic heterocycles. The Morgan fingerprint density at radius 2 is 0.620 bits per heavy atom. The Morgan fingerprint density at radius 3 is 1.24 bits per heavy atom. The molecule has 0 atom stereocenters. The Bertz CT molecular complexity index is 7250. The molecular formula is C92H54N8. The zero-order valence-corrected chi connectivity index (χ0v) is 53.8. The summed E-state index contributed by atoms with van der Waals surface area (Å²) in [6.45, 7) is 0. The number of para-hydroxylation sites is 2. The zero-order chi connectivity index (χ0) is 65.3. The van der Waals surface area contributed by atoms with Crippen molar-refractivity contribution in [2.24, 2.45) is 0 Å². The molecule has 100 heavy (non-hydrogen) atoms. The minimum absolute atomic E-state index is 0.541. The second-order valence-corrected chi connectivity index (χ2v) is 26.4. The molecule has 0 saturated carbocycles. The summed E-state index contributed by atoms with van der Waals surface area (Å²) in [5.74, 6) is 1.15. The van der Waals surface area contributed by atoms with Gasteiger partial charge in [-0.25, -0.2) is 19.9 Å². The van der Waals surface area contributed by atoms with Gasteiger partial charge >= 0.3 is 0 Å². The molecule has 462 valence electrons. The SMILES string of the molecule is c1ccc(-c2ncc3nc(-c4cc(-n5c6c7ccccc7ccc6c6ccc7c(c8ccc9ccccc9c8n7-c7ccccc7)c65)cc(-n5c6c7ccccc7c7ccccc7c6c6ccc7c8ccc9ccccc9c8n(-c8ccccc8)c7c65)c4)nc(-c4ccccc4)c3n2)cc1. The summed E-state index contributed by atoms with van der Waals surface area (Å²) in [5.41, 5.74) is 17.7. The topological polar surface area (TPSA) is 71.3 Å². The van der Waals surface area contributed by atoms with E-state index in [1.165, 1.54) is 48.5 Å². The molecule has 0 amide bonds. The van der Waals surface area contributed by atoms with Crippen molar-refractivity contribution in [3.05, 3.63) is 328 Å². The van der Waals surface area contributed by atoms with Gasteiger partial charge in [-0.3, -0.25) is 0 Å². The van der Waals surface area contributed by atoms with Crippen LogP contribution >= 0.6 is 0 Å². The van der Waals surface area contributed by atoms with Crippen LogP contribution in [0.5, 0.6) is 0 Å².